The first-order chi connectivity index (χ1) is 13.7. The maximum Gasteiger partial charge on any atom is 0.237 e. The first kappa shape index (κ1) is 20.5. The summed E-state index contributed by atoms with van der Waals surface area (Å²) in [4.78, 5) is 12.7. The Morgan fingerprint density at radius 3 is 2.46 bits per heavy atom. The number of carbonyl (C=O) groups excluding carboxylic acids is 1. The van der Waals surface area contributed by atoms with Crippen molar-refractivity contribution in [3.05, 3.63) is 71.8 Å². The van der Waals surface area contributed by atoms with Gasteiger partial charge in [-0.3, -0.25) is 4.79 Å². The Labute approximate surface area is 166 Å². The second kappa shape index (κ2) is 10.4. The lowest BCUT2D eigenvalue weighted by Crippen LogP contribution is -2.53. The highest BCUT2D eigenvalue weighted by molar-refractivity contribution is 5.82. The summed E-state index contributed by atoms with van der Waals surface area (Å²) in [5, 5.41) is 26.3. The van der Waals surface area contributed by atoms with Crippen molar-refractivity contribution >= 4 is 5.91 Å². The third-order valence-corrected chi connectivity index (χ3v) is 5.56. The van der Waals surface area contributed by atoms with E-state index in [-0.39, 0.29) is 18.6 Å². The van der Waals surface area contributed by atoms with Crippen LogP contribution in [0.1, 0.15) is 36.5 Å². The summed E-state index contributed by atoms with van der Waals surface area (Å²) in [5.41, 5.74) is 2.01. The Kier molecular flexibility index (Phi) is 7.60. The molecule has 0 radical (unpaired) electrons. The van der Waals surface area contributed by atoms with E-state index < -0.39 is 12.1 Å². The van der Waals surface area contributed by atoms with Crippen LogP contribution in [0.5, 0.6) is 0 Å². The molecule has 1 saturated heterocycles. The molecule has 2 aromatic rings. The molecule has 1 aliphatic heterocycles. The quantitative estimate of drug-likeness (QED) is 0.564. The largest absolute Gasteiger partial charge is 0.394 e. The van der Waals surface area contributed by atoms with Gasteiger partial charge in [-0.2, -0.15) is 0 Å². The van der Waals surface area contributed by atoms with Crippen molar-refractivity contribution in [1.29, 1.82) is 0 Å². The van der Waals surface area contributed by atoms with Crippen LogP contribution in [0.25, 0.3) is 0 Å². The summed E-state index contributed by atoms with van der Waals surface area (Å²) in [6.45, 7) is 0.495. The van der Waals surface area contributed by atoms with Gasteiger partial charge in [-0.25, -0.2) is 0 Å². The number of aryl methyl sites for hydroxylation is 1. The molecule has 4 atom stereocenters. The minimum absolute atomic E-state index is 0.154. The fourth-order valence-electron chi connectivity index (χ4n) is 3.86. The summed E-state index contributed by atoms with van der Waals surface area (Å²) in [6, 6.07) is 18.5. The lowest BCUT2D eigenvalue weighted by atomic mass is 9.87. The summed E-state index contributed by atoms with van der Waals surface area (Å²) < 4.78 is 0. The fourth-order valence-corrected chi connectivity index (χ4v) is 3.86. The number of aliphatic hydroxyl groups excluding tert-OH is 2. The molecule has 5 heteroatoms. The molecule has 1 fully saturated rings. The number of rotatable bonds is 8. The van der Waals surface area contributed by atoms with Crippen molar-refractivity contribution < 1.29 is 15.0 Å². The van der Waals surface area contributed by atoms with Crippen molar-refractivity contribution in [2.75, 3.05) is 13.2 Å². The smallest absolute Gasteiger partial charge is 0.237 e. The predicted octanol–water partition coefficient (Wildman–Crippen LogP) is 2.20. The van der Waals surface area contributed by atoms with Crippen LogP contribution in [0, 0.1) is 5.92 Å². The van der Waals surface area contributed by atoms with E-state index in [1.54, 1.807) is 12.1 Å². The molecule has 4 N–H and O–H groups in total. The topological polar surface area (TPSA) is 81.6 Å². The second-order valence-electron chi connectivity index (χ2n) is 7.57. The normalized spacial score (nSPS) is 21.6. The molecule has 150 valence electrons. The lowest BCUT2D eigenvalue weighted by Gasteiger charge is -2.31. The molecule has 28 heavy (non-hydrogen) atoms. The van der Waals surface area contributed by atoms with Crippen LogP contribution in [-0.4, -0.2) is 41.4 Å². The third kappa shape index (κ3) is 5.64. The highest BCUT2D eigenvalue weighted by Gasteiger charge is 2.30. The van der Waals surface area contributed by atoms with Crippen LogP contribution in [0.4, 0.5) is 0 Å². The van der Waals surface area contributed by atoms with Gasteiger partial charge in [0.05, 0.1) is 18.7 Å². The molecule has 3 rings (SSSR count). The molecule has 1 heterocycles. The standard InChI is InChI=1S/C23H30N2O3/c26-16-21(22(27)19-9-5-2-6-10-19)25-23(28)20-15-18(13-14-24-20)12-11-17-7-3-1-4-8-17/h1-10,18,20-22,24,26-27H,11-16H2,(H,25,28)/t18-,20?,21-,22-/m1/s1. The van der Waals surface area contributed by atoms with Crippen LogP contribution >= 0.6 is 0 Å². The van der Waals surface area contributed by atoms with Crippen LogP contribution in [0.2, 0.25) is 0 Å². The molecular formula is C23H30N2O3. The highest BCUT2D eigenvalue weighted by atomic mass is 16.3. The van der Waals surface area contributed by atoms with E-state index in [0.717, 1.165) is 32.2 Å². The van der Waals surface area contributed by atoms with Gasteiger partial charge in [0, 0.05) is 0 Å². The molecule has 0 aromatic heterocycles. The van der Waals surface area contributed by atoms with Gasteiger partial charge < -0.3 is 20.8 Å². The number of aliphatic hydroxyl groups is 2. The van der Waals surface area contributed by atoms with Crippen LogP contribution < -0.4 is 10.6 Å². The number of carbonyl (C=O) groups is 1. The van der Waals surface area contributed by atoms with Crippen molar-refractivity contribution in [3.63, 3.8) is 0 Å². The number of piperidine rings is 1. The van der Waals surface area contributed by atoms with E-state index in [0.29, 0.717) is 11.5 Å². The van der Waals surface area contributed by atoms with E-state index in [2.05, 4.69) is 34.9 Å². The zero-order valence-electron chi connectivity index (χ0n) is 16.1. The third-order valence-electron chi connectivity index (χ3n) is 5.56. The number of amides is 1. The van der Waals surface area contributed by atoms with Crippen molar-refractivity contribution in [3.8, 4) is 0 Å². The Hall–Kier alpha value is -2.21. The monoisotopic (exact) mass is 382 g/mol. The maximum atomic E-state index is 12.7. The van der Waals surface area contributed by atoms with Gasteiger partial charge in [0.25, 0.3) is 0 Å². The molecule has 2 aromatic carbocycles. The zero-order chi connectivity index (χ0) is 19.8. The Morgan fingerprint density at radius 2 is 1.79 bits per heavy atom. The molecule has 1 aliphatic rings. The average molecular weight is 383 g/mol. The maximum absolute atomic E-state index is 12.7. The van der Waals surface area contributed by atoms with Gasteiger partial charge in [0.15, 0.2) is 0 Å². The van der Waals surface area contributed by atoms with Crippen molar-refractivity contribution in [1.82, 2.24) is 10.6 Å². The molecule has 0 spiro atoms. The molecule has 0 bridgehead atoms. The van der Waals surface area contributed by atoms with Gasteiger partial charge in [-0.05, 0) is 49.3 Å². The molecule has 1 unspecified atom stereocenters. The van der Waals surface area contributed by atoms with Gasteiger partial charge in [-0.15, -0.1) is 0 Å². The first-order valence-electron chi connectivity index (χ1n) is 10.1. The van der Waals surface area contributed by atoms with Crippen LogP contribution in [-0.2, 0) is 11.2 Å². The second-order valence-corrected chi connectivity index (χ2v) is 7.57. The van der Waals surface area contributed by atoms with Crippen molar-refractivity contribution in [2.24, 2.45) is 5.92 Å². The summed E-state index contributed by atoms with van der Waals surface area (Å²) >= 11 is 0. The van der Waals surface area contributed by atoms with Crippen LogP contribution in [0.3, 0.4) is 0 Å². The van der Waals surface area contributed by atoms with Gasteiger partial charge in [-0.1, -0.05) is 60.7 Å². The van der Waals surface area contributed by atoms with Gasteiger partial charge in [0.2, 0.25) is 5.91 Å². The number of hydrogen-bond donors (Lipinski definition) is 4. The van der Waals surface area contributed by atoms with E-state index in [1.807, 2.05) is 24.3 Å². The first-order valence-corrected chi connectivity index (χ1v) is 10.1. The minimum Gasteiger partial charge on any atom is -0.394 e. The van der Waals surface area contributed by atoms with E-state index in [9.17, 15) is 15.0 Å². The number of nitrogens with one attached hydrogen (secondary N) is 2. The Balaban J connectivity index is 1.52. The Bertz CT molecular complexity index is 723. The molecule has 0 saturated carbocycles. The van der Waals surface area contributed by atoms with Crippen LogP contribution in [0.15, 0.2) is 60.7 Å². The summed E-state index contributed by atoms with van der Waals surface area (Å²) in [7, 11) is 0. The summed E-state index contributed by atoms with van der Waals surface area (Å²) in [5.74, 6) is 0.335. The number of hydrogen-bond acceptors (Lipinski definition) is 4. The highest BCUT2D eigenvalue weighted by Crippen LogP contribution is 2.23. The van der Waals surface area contributed by atoms with Gasteiger partial charge in [0.1, 0.15) is 6.10 Å². The fraction of sp³-hybridized carbons (Fsp3) is 0.435. The molecular weight excluding hydrogens is 352 g/mol. The van der Waals surface area contributed by atoms with Crippen molar-refractivity contribution in [2.45, 2.75) is 43.9 Å². The molecule has 5 nitrogen and oxygen atoms in total. The minimum atomic E-state index is -0.937. The zero-order valence-corrected chi connectivity index (χ0v) is 16.1. The summed E-state index contributed by atoms with van der Waals surface area (Å²) in [6.07, 6.45) is 2.98. The SMILES string of the molecule is O=C(N[C@H](CO)[C@H](O)c1ccccc1)C1C[C@H](CCc2ccccc2)CCN1. The predicted molar refractivity (Wildman–Crippen MR) is 110 cm³/mol. The van der Waals surface area contributed by atoms with E-state index in [4.69, 9.17) is 0 Å². The van der Waals surface area contributed by atoms with E-state index >= 15 is 0 Å². The van der Waals surface area contributed by atoms with E-state index in [1.165, 1.54) is 5.56 Å². The number of benzene rings is 2. The molecule has 1 amide bonds. The average Bonchev–Trinajstić information content (AvgIpc) is 2.77. The lowest BCUT2D eigenvalue weighted by molar-refractivity contribution is -0.126. The van der Waals surface area contributed by atoms with Gasteiger partial charge >= 0.3 is 0 Å². The Morgan fingerprint density at radius 1 is 1.11 bits per heavy atom. The molecule has 0 aliphatic carbocycles.